The molecule has 1 unspecified atom stereocenters. The molecule has 2 aromatic carbocycles. The van der Waals surface area contributed by atoms with Gasteiger partial charge in [-0.2, -0.15) is 0 Å². The molecule has 0 aliphatic carbocycles. The third kappa shape index (κ3) is 8.46. The van der Waals surface area contributed by atoms with Crippen LogP contribution in [0.3, 0.4) is 0 Å². The van der Waals surface area contributed by atoms with Crippen LogP contribution in [0, 0.1) is 0 Å². The molecule has 0 aliphatic heterocycles. The number of alkyl carbamates (subject to hydrolysis) is 1. The van der Waals surface area contributed by atoms with Gasteiger partial charge >= 0.3 is 6.09 Å². The van der Waals surface area contributed by atoms with Crippen LogP contribution in [0.2, 0.25) is 5.02 Å². The van der Waals surface area contributed by atoms with Gasteiger partial charge in [0.15, 0.2) is 0 Å². The van der Waals surface area contributed by atoms with Gasteiger partial charge in [0.1, 0.15) is 17.1 Å². The highest BCUT2D eigenvalue weighted by molar-refractivity contribution is 7.99. The van der Waals surface area contributed by atoms with Gasteiger partial charge < -0.3 is 25.0 Å². The summed E-state index contributed by atoms with van der Waals surface area (Å²) >= 11 is 7.95. The molecule has 2 aromatic rings. The summed E-state index contributed by atoms with van der Waals surface area (Å²) < 4.78 is 10.9. The zero-order valence-electron chi connectivity index (χ0n) is 20.2. The van der Waals surface area contributed by atoms with Gasteiger partial charge in [-0.15, -0.1) is 6.58 Å². The maximum Gasteiger partial charge on any atom is 0.408 e. The Morgan fingerprint density at radius 3 is 2.56 bits per heavy atom. The van der Waals surface area contributed by atoms with Gasteiger partial charge in [-0.1, -0.05) is 35.5 Å². The zero-order chi connectivity index (χ0) is 25.4. The Morgan fingerprint density at radius 1 is 1.24 bits per heavy atom. The first kappa shape index (κ1) is 27.9. The second-order valence-corrected chi connectivity index (χ2v) is 10.5. The molecule has 0 bridgehead atoms. The number of ether oxygens (including phenoxy) is 2. The van der Waals surface area contributed by atoms with Gasteiger partial charge in [-0.05, 0) is 82.9 Å². The van der Waals surface area contributed by atoms with Gasteiger partial charge in [0.2, 0.25) is 0 Å². The molecule has 2 rings (SSSR count). The largest absolute Gasteiger partial charge is 0.507 e. The van der Waals surface area contributed by atoms with Gasteiger partial charge in [0.05, 0.1) is 23.6 Å². The number of carbonyl (C=O) groups is 1. The lowest BCUT2D eigenvalue weighted by atomic mass is 9.88. The van der Waals surface area contributed by atoms with Crippen LogP contribution in [0.1, 0.15) is 46.1 Å². The summed E-state index contributed by atoms with van der Waals surface area (Å²) in [5.74, 6) is 0.851. The third-order valence-electron chi connectivity index (χ3n) is 4.97. The molecule has 8 heteroatoms. The highest BCUT2D eigenvalue weighted by atomic mass is 35.5. The molecule has 6 nitrogen and oxygen atoms in total. The second-order valence-electron chi connectivity index (χ2n) is 8.98. The number of benzene rings is 2. The number of aliphatic hydroxyl groups is 1. The van der Waals surface area contributed by atoms with Crippen molar-refractivity contribution in [3.05, 3.63) is 59.6 Å². The van der Waals surface area contributed by atoms with Crippen molar-refractivity contribution < 1.29 is 24.5 Å². The molecule has 186 valence electrons. The van der Waals surface area contributed by atoms with Crippen LogP contribution < -0.4 is 10.1 Å². The number of aromatic hydroxyl groups is 1. The van der Waals surface area contributed by atoms with Crippen molar-refractivity contribution in [3.8, 4) is 11.5 Å². The van der Waals surface area contributed by atoms with Gasteiger partial charge in [0, 0.05) is 9.92 Å². The number of nitrogens with one attached hydrogen (secondary N) is 1. The van der Waals surface area contributed by atoms with E-state index in [0.717, 1.165) is 10.5 Å². The van der Waals surface area contributed by atoms with Gasteiger partial charge in [0.25, 0.3) is 0 Å². The number of aryl methyl sites for hydroxylation is 1. The summed E-state index contributed by atoms with van der Waals surface area (Å²) in [5.41, 5.74) is -0.676. The quantitative estimate of drug-likeness (QED) is 0.307. The van der Waals surface area contributed by atoms with E-state index in [1.807, 2.05) is 25.1 Å². The Hall–Kier alpha value is -2.35. The first-order chi connectivity index (χ1) is 16.0. The number of halogens is 1. The van der Waals surface area contributed by atoms with Crippen LogP contribution in [0.4, 0.5) is 4.79 Å². The number of hydrogen-bond donors (Lipinski definition) is 3. The number of hydrogen-bond acceptors (Lipinski definition) is 6. The average molecular weight is 508 g/mol. The first-order valence-corrected chi connectivity index (χ1v) is 12.4. The van der Waals surface area contributed by atoms with E-state index in [1.54, 1.807) is 45.0 Å². The SMILES string of the molecule is C=CCC(CO)(CCc1ccc(Sc2cc(OCC)ccc2O)cc1Cl)NC(=O)OC(C)(C)C. The summed E-state index contributed by atoms with van der Waals surface area (Å²) in [5, 5.41) is 23.7. The fourth-order valence-corrected chi connectivity index (χ4v) is 4.58. The maximum atomic E-state index is 12.4. The lowest BCUT2D eigenvalue weighted by Gasteiger charge is -2.33. The lowest BCUT2D eigenvalue weighted by molar-refractivity contribution is 0.0389. The molecule has 3 N–H and O–H groups in total. The Bertz CT molecular complexity index is 992. The van der Waals surface area contributed by atoms with E-state index in [-0.39, 0.29) is 12.4 Å². The van der Waals surface area contributed by atoms with E-state index in [0.29, 0.717) is 41.5 Å². The number of carbonyl (C=O) groups excluding carboxylic acids is 1. The minimum absolute atomic E-state index is 0.166. The number of phenolic OH excluding ortho intramolecular Hbond substituents is 1. The topological polar surface area (TPSA) is 88.0 Å². The molecule has 0 aliphatic rings. The number of phenols is 1. The fourth-order valence-electron chi connectivity index (χ4n) is 3.32. The van der Waals surface area contributed by atoms with Crippen molar-refractivity contribution in [2.45, 2.75) is 67.9 Å². The highest BCUT2D eigenvalue weighted by Crippen LogP contribution is 2.38. The average Bonchev–Trinajstić information content (AvgIpc) is 2.74. The van der Waals surface area contributed by atoms with Crippen molar-refractivity contribution in [2.24, 2.45) is 0 Å². The predicted octanol–water partition coefficient (Wildman–Crippen LogP) is 6.36. The van der Waals surface area contributed by atoms with Crippen molar-refractivity contribution in [2.75, 3.05) is 13.2 Å². The molecule has 0 fully saturated rings. The van der Waals surface area contributed by atoms with Crippen LogP contribution in [-0.2, 0) is 11.2 Å². The van der Waals surface area contributed by atoms with Crippen molar-refractivity contribution in [1.82, 2.24) is 5.32 Å². The van der Waals surface area contributed by atoms with Crippen LogP contribution in [0.25, 0.3) is 0 Å². The van der Waals surface area contributed by atoms with E-state index in [1.165, 1.54) is 11.8 Å². The molecule has 0 heterocycles. The van der Waals surface area contributed by atoms with E-state index < -0.39 is 17.2 Å². The molecule has 34 heavy (non-hydrogen) atoms. The van der Waals surface area contributed by atoms with Crippen LogP contribution in [0.15, 0.2) is 58.8 Å². The maximum absolute atomic E-state index is 12.4. The van der Waals surface area contributed by atoms with Crippen molar-refractivity contribution >= 4 is 29.5 Å². The summed E-state index contributed by atoms with van der Waals surface area (Å²) in [6.07, 6.45) is 2.42. The van der Waals surface area contributed by atoms with Crippen LogP contribution >= 0.6 is 23.4 Å². The molecule has 1 atom stereocenters. The summed E-state index contributed by atoms with van der Waals surface area (Å²) in [6.45, 7) is 11.3. The minimum Gasteiger partial charge on any atom is -0.507 e. The molecule has 0 saturated heterocycles. The lowest BCUT2D eigenvalue weighted by Crippen LogP contribution is -2.52. The summed E-state index contributed by atoms with van der Waals surface area (Å²) in [4.78, 5) is 13.9. The molecular formula is C26H34ClNO5S. The van der Waals surface area contributed by atoms with E-state index >= 15 is 0 Å². The third-order valence-corrected chi connectivity index (χ3v) is 6.36. The number of amides is 1. The zero-order valence-corrected chi connectivity index (χ0v) is 21.8. The van der Waals surface area contributed by atoms with Crippen LogP contribution in [0.5, 0.6) is 11.5 Å². The molecular weight excluding hydrogens is 474 g/mol. The number of rotatable bonds is 11. The highest BCUT2D eigenvalue weighted by Gasteiger charge is 2.32. The minimum atomic E-state index is -0.910. The van der Waals surface area contributed by atoms with Gasteiger partial charge in [-0.25, -0.2) is 4.79 Å². The molecule has 0 spiro atoms. The Balaban J connectivity index is 2.13. The smallest absolute Gasteiger partial charge is 0.408 e. The van der Waals surface area contributed by atoms with Crippen molar-refractivity contribution in [3.63, 3.8) is 0 Å². The van der Waals surface area contributed by atoms with E-state index in [4.69, 9.17) is 21.1 Å². The Kier molecular flexibility index (Phi) is 10.2. The molecule has 0 saturated carbocycles. The molecule has 0 aromatic heterocycles. The molecule has 0 radical (unpaired) electrons. The summed E-state index contributed by atoms with van der Waals surface area (Å²) in [6, 6.07) is 10.8. The Morgan fingerprint density at radius 2 is 1.97 bits per heavy atom. The monoisotopic (exact) mass is 507 g/mol. The van der Waals surface area contributed by atoms with Crippen molar-refractivity contribution in [1.29, 1.82) is 0 Å². The molecule has 1 amide bonds. The fraction of sp³-hybridized carbons (Fsp3) is 0.423. The van der Waals surface area contributed by atoms with E-state index in [9.17, 15) is 15.0 Å². The van der Waals surface area contributed by atoms with E-state index in [2.05, 4.69) is 11.9 Å². The summed E-state index contributed by atoms with van der Waals surface area (Å²) in [7, 11) is 0. The Labute approximate surface area is 211 Å². The number of aliphatic hydroxyl groups excluding tert-OH is 1. The first-order valence-electron chi connectivity index (χ1n) is 11.2. The normalized spacial score (nSPS) is 13.1. The van der Waals surface area contributed by atoms with Crippen LogP contribution in [-0.4, -0.2) is 40.7 Å². The second kappa shape index (κ2) is 12.4. The predicted molar refractivity (Wildman–Crippen MR) is 137 cm³/mol. The standard InChI is InChI=1S/C26H34ClNO5S/c1-6-13-26(17-29,28-24(31)33-25(3,4)5)14-12-18-8-10-20(16-21(18)27)34-23-15-19(32-7-2)9-11-22(23)30/h6,8-11,15-16,29-30H,1,7,12-14,17H2,2-5H3,(H,28,31). The van der Waals surface area contributed by atoms with Gasteiger partial charge in [-0.3, -0.25) is 0 Å².